The number of esters is 2. The smallest absolute Gasteiger partial charge is 0.309 e. The van der Waals surface area contributed by atoms with Gasteiger partial charge in [0.2, 0.25) is 0 Å². The van der Waals surface area contributed by atoms with Gasteiger partial charge in [0.25, 0.3) is 0 Å². The quantitative estimate of drug-likeness (QED) is 0.0393. The highest BCUT2D eigenvalue weighted by molar-refractivity contribution is 5.75. The normalized spacial score (nSPS) is 13.6. The standard InChI is InChI=1S/C47H91NO6.C6H10O4/c1-8-12-16-20-22-26-32-42(30-24-18-14-10-3)38-47(46(51)52,39-43(31-25-19-15-11-4)33-27-23-21-17-13-9-2)36-28-34-44(49)53-40-41(5)54-45(50)35-29-37-48(6)7;7-5(8)3-1-2-4-6(9)10/h41-43H,8-40H2,1-7H3,(H,51,52);1-4H2,(H,7,8)(H,9,10). The molecule has 0 aliphatic rings. The second-order valence-corrected chi connectivity index (χ2v) is 19.3. The Labute approximate surface area is 392 Å². The fraction of sp³-hybridized carbons (Fsp3) is 0.906. The van der Waals surface area contributed by atoms with Gasteiger partial charge in [0, 0.05) is 25.7 Å². The Bertz CT molecular complexity index is 1090. The first-order valence-electron chi connectivity index (χ1n) is 26.3. The van der Waals surface area contributed by atoms with E-state index in [2.05, 4.69) is 27.7 Å². The second-order valence-electron chi connectivity index (χ2n) is 19.3. The van der Waals surface area contributed by atoms with Gasteiger partial charge in [-0.05, 0) is 84.3 Å². The van der Waals surface area contributed by atoms with Gasteiger partial charge in [-0.1, -0.05) is 182 Å². The molecule has 0 amide bonds. The van der Waals surface area contributed by atoms with E-state index in [-0.39, 0.29) is 37.8 Å². The van der Waals surface area contributed by atoms with Crippen LogP contribution in [0.3, 0.4) is 0 Å². The molecule has 0 aliphatic carbocycles. The van der Waals surface area contributed by atoms with Gasteiger partial charge in [0.15, 0.2) is 0 Å². The van der Waals surface area contributed by atoms with Crippen LogP contribution in [0.25, 0.3) is 0 Å². The number of nitrogens with zero attached hydrogens (tertiary/aromatic N) is 1. The van der Waals surface area contributed by atoms with Crippen molar-refractivity contribution in [3.8, 4) is 0 Å². The Hall–Kier alpha value is -2.69. The average Bonchev–Trinajstić information content (AvgIpc) is 3.23. The Morgan fingerprint density at radius 2 is 0.859 bits per heavy atom. The maximum absolute atomic E-state index is 13.7. The van der Waals surface area contributed by atoms with Crippen molar-refractivity contribution >= 4 is 29.8 Å². The third-order valence-electron chi connectivity index (χ3n) is 12.5. The molecule has 11 heteroatoms. The van der Waals surface area contributed by atoms with Crippen LogP contribution in [-0.2, 0) is 33.4 Å². The van der Waals surface area contributed by atoms with E-state index in [0.29, 0.717) is 43.9 Å². The molecule has 3 N–H and O–H groups in total. The Morgan fingerprint density at radius 1 is 0.484 bits per heavy atom. The van der Waals surface area contributed by atoms with Gasteiger partial charge >= 0.3 is 29.8 Å². The summed E-state index contributed by atoms with van der Waals surface area (Å²) in [4.78, 5) is 60.7. The number of aliphatic carboxylic acids is 3. The van der Waals surface area contributed by atoms with Gasteiger partial charge < -0.3 is 29.7 Å². The molecule has 0 saturated carbocycles. The summed E-state index contributed by atoms with van der Waals surface area (Å²) in [5.41, 5.74) is -0.828. The molecule has 0 spiro atoms. The van der Waals surface area contributed by atoms with E-state index in [1.54, 1.807) is 6.92 Å². The minimum absolute atomic E-state index is 0.0263. The fourth-order valence-corrected chi connectivity index (χ4v) is 8.78. The van der Waals surface area contributed by atoms with E-state index in [1.165, 1.54) is 128 Å². The third-order valence-corrected chi connectivity index (χ3v) is 12.5. The van der Waals surface area contributed by atoms with Gasteiger partial charge in [-0.2, -0.15) is 0 Å². The van der Waals surface area contributed by atoms with Crippen LogP contribution in [0.1, 0.15) is 259 Å². The first kappa shape index (κ1) is 63.4. The summed E-state index contributed by atoms with van der Waals surface area (Å²) in [6.45, 7) is 11.6. The van der Waals surface area contributed by atoms with E-state index in [9.17, 15) is 29.1 Å². The van der Waals surface area contributed by atoms with Crippen LogP contribution in [0.4, 0.5) is 0 Å². The molecule has 3 unspecified atom stereocenters. The highest BCUT2D eigenvalue weighted by Crippen LogP contribution is 2.44. The number of unbranched alkanes of at least 4 members (excludes halogenated alkanes) is 17. The Morgan fingerprint density at radius 3 is 1.23 bits per heavy atom. The van der Waals surface area contributed by atoms with Crippen molar-refractivity contribution < 1.29 is 48.8 Å². The zero-order valence-electron chi connectivity index (χ0n) is 42.5. The molecule has 0 aromatic heterocycles. The number of carboxylic acid groups (broad SMARTS) is 3. The molecule has 0 bridgehead atoms. The van der Waals surface area contributed by atoms with Crippen molar-refractivity contribution in [2.45, 2.75) is 265 Å². The molecule has 0 rings (SSSR count). The van der Waals surface area contributed by atoms with Crippen LogP contribution in [0, 0.1) is 17.3 Å². The molecule has 3 atom stereocenters. The van der Waals surface area contributed by atoms with Crippen molar-refractivity contribution in [3.63, 3.8) is 0 Å². The molecular weight excluding hydrogens is 811 g/mol. The highest BCUT2D eigenvalue weighted by Gasteiger charge is 2.41. The number of hydrogen-bond donors (Lipinski definition) is 3. The van der Waals surface area contributed by atoms with E-state index < -0.39 is 29.4 Å². The molecule has 0 aromatic rings. The topological polar surface area (TPSA) is 168 Å². The number of carboxylic acids is 3. The largest absolute Gasteiger partial charge is 0.481 e. The Balaban J connectivity index is 0. The molecule has 0 saturated heterocycles. The van der Waals surface area contributed by atoms with Gasteiger partial charge in [-0.25, -0.2) is 0 Å². The molecule has 64 heavy (non-hydrogen) atoms. The van der Waals surface area contributed by atoms with Crippen LogP contribution in [0.5, 0.6) is 0 Å². The predicted octanol–water partition coefficient (Wildman–Crippen LogP) is 14.2. The van der Waals surface area contributed by atoms with Gasteiger partial charge in [-0.3, -0.25) is 24.0 Å². The predicted molar refractivity (Wildman–Crippen MR) is 262 cm³/mol. The van der Waals surface area contributed by atoms with Crippen LogP contribution >= 0.6 is 0 Å². The van der Waals surface area contributed by atoms with Crippen LogP contribution in [0.2, 0.25) is 0 Å². The summed E-state index contributed by atoms with van der Waals surface area (Å²) in [7, 11) is 3.95. The summed E-state index contributed by atoms with van der Waals surface area (Å²) in [6.07, 6.45) is 33.4. The van der Waals surface area contributed by atoms with Crippen LogP contribution < -0.4 is 0 Å². The maximum atomic E-state index is 13.7. The lowest BCUT2D eigenvalue weighted by Crippen LogP contribution is -2.36. The average molecular weight is 912 g/mol. The van der Waals surface area contributed by atoms with E-state index in [1.807, 2.05) is 19.0 Å². The summed E-state index contributed by atoms with van der Waals surface area (Å²) < 4.78 is 11.0. The Kier molecular flexibility index (Phi) is 43.7. The van der Waals surface area contributed by atoms with Crippen molar-refractivity contribution in [1.82, 2.24) is 4.90 Å². The minimum atomic E-state index is -0.870. The minimum Gasteiger partial charge on any atom is -0.481 e. The van der Waals surface area contributed by atoms with Crippen LogP contribution in [0.15, 0.2) is 0 Å². The lowest BCUT2D eigenvalue weighted by Gasteiger charge is -2.37. The van der Waals surface area contributed by atoms with E-state index in [0.717, 1.165) is 51.5 Å². The first-order chi connectivity index (χ1) is 30.7. The molecule has 0 radical (unpaired) electrons. The van der Waals surface area contributed by atoms with E-state index in [4.69, 9.17) is 19.7 Å². The number of ether oxygens (including phenoxy) is 2. The lowest BCUT2D eigenvalue weighted by atomic mass is 9.67. The lowest BCUT2D eigenvalue weighted by molar-refractivity contribution is -0.158. The molecular formula is C53H101NO10. The molecule has 378 valence electrons. The maximum Gasteiger partial charge on any atom is 0.309 e. The van der Waals surface area contributed by atoms with Crippen molar-refractivity contribution in [2.75, 3.05) is 27.2 Å². The summed E-state index contributed by atoms with van der Waals surface area (Å²) in [6, 6.07) is 0. The number of rotatable bonds is 45. The van der Waals surface area contributed by atoms with Crippen molar-refractivity contribution in [1.29, 1.82) is 0 Å². The SMILES string of the molecule is CCCCCCCCC(CCCCCC)CC(CCCC(=O)OCC(C)OC(=O)CCCN(C)C)(CC(CCCCCC)CCCCCCCC)C(=O)O.O=C(O)CCCCC(=O)O. The zero-order chi connectivity index (χ0) is 48.3. The molecule has 0 fully saturated rings. The molecule has 0 heterocycles. The number of carbonyl (C=O) groups excluding carboxylic acids is 2. The summed E-state index contributed by atoms with van der Waals surface area (Å²) in [5.74, 6) is -2.21. The van der Waals surface area contributed by atoms with Gasteiger partial charge in [-0.15, -0.1) is 0 Å². The van der Waals surface area contributed by atoms with Gasteiger partial charge in [0.1, 0.15) is 12.7 Å². The summed E-state index contributed by atoms with van der Waals surface area (Å²) >= 11 is 0. The first-order valence-corrected chi connectivity index (χ1v) is 26.3. The number of hydrogen-bond acceptors (Lipinski definition) is 8. The molecule has 0 aromatic carbocycles. The third kappa shape index (κ3) is 40.8. The van der Waals surface area contributed by atoms with Crippen molar-refractivity contribution in [2.24, 2.45) is 17.3 Å². The monoisotopic (exact) mass is 912 g/mol. The van der Waals surface area contributed by atoms with Gasteiger partial charge in [0.05, 0.1) is 5.41 Å². The summed E-state index contributed by atoms with van der Waals surface area (Å²) in [5, 5.41) is 27.5. The zero-order valence-corrected chi connectivity index (χ0v) is 42.5. The molecule has 11 nitrogen and oxygen atoms in total. The fourth-order valence-electron chi connectivity index (χ4n) is 8.78. The number of carbonyl (C=O) groups is 5. The molecule has 0 aliphatic heterocycles. The highest BCUT2D eigenvalue weighted by atomic mass is 16.6. The van der Waals surface area contributed by atoms with Crippen LogP contribution in [-0.4, -0.2) is 83.4 Å². The van der Waals surface area contributed by atoms with Crippen molar-refractivity contribution in [3.05, 3.63) is 0 Å². The second kappa shape index (κ2) is 44.2. The van der Waals surface area contributed by atoms with E-state index >= 15 is 0 Å².